The quantitative estimate of drug-likeness (QED) is 0.630. The number of carbonyl (C=O) groups excluding carboxylic acids is 1. The molecule has 1 aliphatic heterocycles. The Balaban J connectivity index is 1.54. The standard InChI is InChI=1S/C22H22F3N5O2/c1-13-10-30(11-14(2)28-13)21(31)15-3-8-18-19(9-15)26-12-27-20(18)29-16-4-6-17(7-5-16)32-22(23,24)25/h3-9,12-14,28H,10-11H2,1-2H3,(H,26,27,29). The highest BCUT2D eigenvalue weighted by Gasteiger charge is 2.31. The molecule has 0 saturated carbocycles. The van der Waals surface area contributed by atoms with Crippen LogP contribution in [0.3, 0.4) is 0 Å². The SMILES string of the molecule is CC1CN(C(=O)c2ccc3c(Nc4ccc(OC(F)(F)F)cc4)ncnc3c2)CC(C)N1. The maximum absolute atomic E-state index is 13.0. The third-order valence-corrected chi connectivity index (χ3v) is 5.08. The van der Waals surface area contributed by atoms with Crippen molar-refractivity contribution >= 4 is 28.3 Å². The average Bonchev–Trinajstić information content (AvgIpc) is 2.73. The van der Waals surface area contributed by atoms with E-state index in [9.17, 15) is 18.0 Å². The predicted octanol–water partition coefficient (Wildman–Crippen LogP) is 4.09. The van der Waals surface area contributed by atoms with Gasteiger partial charge < -0.3 is 20.3 Å². The van der Waals surface area contributed by atoms with Gasteiger partial charge in [-0.2, -0.15) is 0 Å². The summed E-state index contributed by atoms with van der Waals surface area (Å²) in [4.78, 5) is 23.3. The minimum Gasteiger partial charge on any atom is -0.406 e. The van der Waals surface area contributed by atoms with Gasteiger partial charge in [-0.25, -0.2) is 9.97 Å². The number of ether oxygens (including phenoxy) is 1. The lowest BCUT2D eigenvalue weighted by Crippen LogP contribution is -2.55. The van der Waals surface area contributed by atoms with Gasteiger partial charge in [-0.15, -0.1) is 13.2 Å². The van der Waals surface area contributed by atoms with E-state index in [1.165, 1.54) is 30.6 Å². The number of fused-ring (bicyclic) bond motifs is 1. The van der Waals surface area contributed by atoms with E-state index < -0.39 is 6.36 Å². The fourth-order valence-corrected chi connectivity index (χ4v) is 3.84. The molecule has 1 aliphatic rings. The molecule has 2 unspecified atom stereocenters. The van der Waals surface area contributed by atoms with Crippen molar-refractivity contribution < 1.29 is 22.7 Å². The van der Waals surface area contributed by atoms with E-state index in [1.54, 1.807) is 18.2 Å². The lowest BCUT2D eigenvalue weighted by atomic mass is 10.1. The lowest BCUT2D eigenvalue weighted by molar-refractivity contribution is -0.274. The molecule has 1 aromatic heterocycles. The Morgan fingerprint density at radius 1 is 1.09 bits per heavy atom. The molecule has 0 aliphatic carbocycles. The highest BCUT2D eigenvalue weighted by molar-refractivity contribution is 6.00. The van der Waals surface area contributed by atoms with E-state index in [-0.39, 0.29) is 23.7 Å². The van der Waals surface area contributed by atoms with Gasteiger partial charge >= 0.3 is 6.36 Å². The number of hydrogen-bond donors (Lipinski definition) is 2. The first kappa shape index (κ1) is 21.8. The first-order chi connectivity index (χ1) is 15.2. The fourth-order valence-electron chi connectivity index (χ4n) is 3.84. The Morgan fingerprint density at radius 2 is 1.78 bits per heavy atom. The monoisotopic (exact) mass is 445 g/mol. The van der Waals surface area contributed by atoms with Crippen molar-refractivity contribution in [3.05, 3.63) is 54.4 Å². The van der Waals surface area contributed by atoms with E-state index in [1.807, 2.05) is 18.7 Å². The number of anilines is 2. The van der Waals surface area contributed by atoms with Crippen molar-refractivity contribution in [2.45, 2.75) is 32.3 Å². The van der Waals surface area contributed by atoms with Gasteiger partial charge in [-0.05, 0) is 56.3 Å². The van der Waals surface area contributed by atoms with E-state index in [2.05, 4.69) is 25.3 Å². The number of rotatable bonds is 4. The summed E-state index contributed by atoms with van der Waals surface area (Å²) in [6.07, 6.45) is -3.37. The van der Waals surface area contributed by atoms with E-state index in [4.69, 9.17) is 0 Å². The molecule has 2 atom stereocenters. The molecule has 0 radical (unpaired) electrons. The Morgan fingerprint density at radius 3 is 2.44 bits per heavy atom. The molecule has 0 bridgehead atoms. The minimum absolute atomic E-state index is 0.0551. The molecular formula is C22H22F3N5O2. The molecule has 0 spiro atoms. The van der Waals surface area contributed by atoms with E-state index in [0.717, 1.165) is 0 Å². The van der Waals surface area contributed by atoms with Gasteiger partial charge in [0.1, 0.15) is 17.9 Å². The summed E-state index contributed by atoms with van der Waals surface area (Å²) in [7, 11) is 0. The largest absolute Gasteiger partial charge is 0.573 e. The Hall–Kier alpha value is -3.40. The number of benzene rings is 2. The molecule has 4 rings (SSSR count). The van der Waals surface area contributed by atoms with Crippen LogP contribution in [0, 0.1) is 0 Å². The second-order valence-corrected chi connectivity index (χ2v) is 7.83. The zero-order chi connectivity index (χ0) is 22.9. The first-order valence-electron chi connectivity index (χ1n) is 10.1. The molecule has 2 heterocycles. The van der Waals surface area contributed by atoms with Gasteiger partial charge in [-0.1, -0.05) is 0 Å². The van der Waals surface area contributed by atoms with Crippen LogP contribution in [0.15, 0.2) is 48.8 Å². The van der Waals surface area contributed by atoms with Gasteiger partial charge in [0.15, 0.2) is 0 Å². The molecular weight excluding hydrogens is 423 g/mol. The van der Waals surface area contributed by atoms with Crippen LogP contribution in [-0.4, -0.2) is 52.3 Å². The number of amides is 1. The Labute approximate surface area is 182 Å². The van der Waals surface area contributed by atoms with Crippen molar-refractivity contribution in [3.63, 3.8) is 0 Å². The summed E-state index contributed by atoms with van der Waals surface area (Å²) in [5.41, 5.74) is 1.65. The lowest BCUT2D eigenvalue weighted by Gasteiger charge is -2.36. The fraction of sp³-hybridized carbons (Fsp3) is 0.318. The van der Waals surface area contributed by atoms with Crippen LogP contribution in [0.2, 0.25) is 0 Å². The van der Waals surface area contributed by atoms with Crippen LogP contribution in [0.5, 0.6) is 5.75 Å². The van der Waals surface area contributed by atoms with Crippen molar-refractivity contribution in [1.82, 2.24) is 20.2 Å². The molecule has 168 valence electrons. The summed E-state index contributed by atoms with van der Waals surface area (Å²) >= 11 is 0. The Kier molecular flexibility index (Phi) is 5.88. The number of carbonyl (C=O) groups is 1. The first-order valence-corrected chi connectivity index (χ1v) is 10.1. The molecule has 32 heavy (non-hydrogen) atoms. The molecule has 1 amide bonds. The van der Waals surface area contributed by atoms with Crippen LogP contribution in [0.25, 0.3) is 10.9 Å². The normalized spacial score (nSPS) is 19.1. The number of halogens is 3. The average molecular weight is 445 g/mol. The highest BCUT2D eigenvalue weighted by atomic mass is 19.4. The molecule has 1 saturated heterocycles. The number of piperazine rings is 1. The zero-order valence-electron chi connectivity index (χ0n) is 17.5. The van der Waals surface area contributed by atoms with Crippen molar-refractivity contribution in [2.24, 2.45) is 0 Å². The predicted molar refractivity (Wildman–Crippen MR) is 114 cm³/mol. The smallest absolute Gasteiger partial charge is 0.406 e. The Bertz CT molecular complexity index is 1110. The maximum Gasteiger partial charge on any atom is 0.573 e. The minimum atomic E-state index is -4.74. The van der Waals surface area contributed by atoms with Crippen molar-refractivity contribution in [2.75, 3.05) is 18.4 Å². The van der Waals surface area contributed by atoms with Crippen molar-refractivity contribution in [3.8, 4) is 5.75 Å². The summed E-state index contributed by atoms with van der Waals surface area (Å²) in [5.74, 6) is 0.110. The van der Waals surface area contributed by atoms with Gasteiger partial charge in [-0.3, -0.25) is 4.79 Å². The van der Waals surface area contributed by atoms with Crippen LogP contribution in [0.1, 0.15) is 24.2 Å². The number of aromatic nitrogens is 2. The number of nitrogens with one attached hydrogen (secondary N) is 2. The molecule has 10 heteroatoms. The molecule has 2 N–H and O–H groups in total. The number of hydrogen-bond acceptors (Lipinski definition) is 6. The van der Waals surface area contributed by atoms with Crippen LogP contribution in [-0.2, 0) is 0 Å². The van der Waals surface area contributed by atoms with Crippen LogP contribution >= 0.6 is 0 Å². The summed E-state index contributed by atoms with van der Waals surface area (Å²) in [6, 6.07) is 11.0. The summed E-state index contributed by atoms with van der Waals surface area (Å²) in [6.45, 7) is 5.35. The third-order valence-electron chi connectivity index (χ3n) is 5.08. The summed E-state index contributed by atoms with van der Waals surface area (Å²) in [5, 5.41) is 7.16. The van der Waals surface area contributed by atoms with Gasteiger partial charge in [0.25, 0.3) is 5.91 Å². The zero-order valence-corrected chi connectivity index (χ0v) is 17.5. The topological polar surface area (TPSA) is 79.4 Å². The highest BCUT2D eigenvalue weighted by Crippen LogP contribution is 2.27. The van der Waals surface area contributed by atoms with Crippen molar-refractivity contribution in [1.29, 1.82) is 0 Å². The van der Waals surface area contributed by atoms with Gasteiger partial charge in [0.05, 0.1) is 5.52 Å². The molecule has 7 nitrogen and oxygen atoms in total. The van der Waals surface area contributed by atoms with Gasteiger partial charge in [0.2, 0.25) is 0 Å². The van der Waals surface area contributed by atoms with Gasteiger partial charge in [0, 0.05) is 41.8 Å². The van der Waals surface area contributed by atoms with Crippen LogP contribution in [0.4, 0.5) is 24.7 Å². The molecule has 2 aromatic carbocycles. The molecule has 3 aromatic rings. The third kappa shape index (κ3) is 5.08. The maximum atomic E-state index is 13.0. The second kappa shape index (κ2) is 8.62. The van der Waals surface area contributed by atoms with Crippen LogP contribution < -0.4 is 15.4 Å². The summed E-state index contributed by atoms with van der Waals surface area (Å²) < 4.78 is 40.9. The second-order valence-electron chi connectivity index (χ2n) is 7.83. The van der Waals surface area contributed by atoms with E-state index in [0.29, 0.717) is 41.1 Å². The molecule has 1 fully saturated rings. The number of nitrogens with zero attached hydrogens (tertiary/aromatic N) is 3. The van der Waals surface area contributed by atoms with E-state index >= 15 is 0 Å². The number of alkyl halides is 3.